The van der Waals surface area contributed by atoms with E-state index >= 15 is 0 Å². The lowest BCUT2D eigenvalue weighted by molar-refractivity contribution is -0.134. The maximum absolute atomic E-state index is 12.8. The Morgan fingerprint density at radius 2 is 1.78 bits per heavy atom. The third-order valence-corrected chi connectivity index (χ3v) is 7.71. The van der Waals surface area contributed by atoms with Crippen LogP contribution in [0.5, 0.6) is 0 Å². The number of hydrogen-bond donors (Lipinski definition) is 0. The van der Waals surface area contributed by atoms with Gasteiger partial charge < -0.3 is 9.80 Å². The van der Waals surface area contributed by atoms with Crippen LogP contribution in [-0.2, 0) is 17.8 Å². The van der Waals surface area contributed by atoms with Gasteiger partial charge in [-0.15, -0.1) is 0 Å². The highest BCUT2D eigenvalue weighted by atomic mass is 16.2. The largest absolute Gasteiger partial charge is 0.342 e. The zero-order valence-corrected chi connectivity index (χ0v) is 20.1. The fraction of sp³-hybridized carbons (Fsp3) is 0.800. The SMILES string of the molecule is CN(C)CCC1CCN(C(=O)CN2CCC(c3cc(=O)n4c(n3)CCCCC4)CC2)CC1. The highest BCUT2D eigenvalue weighted by molar-refractivity contribution is 5.78. The second-order valence-electron chi connectivity index (χ2n) is 10.4. The van der Waals surface area contributed by atoms with Gasteiger partial charge in [-0.1, -0.05) is 6.42 Å². The molecule has 178 valence electrons. The van der Waals surface area contributed by atoms with Crippen LogP contribution in [0.3, 0.4) is 0 Å². The smallest absolute Gasteiger partial charge is 0.253 e. The van der Waals surface area contributed by atoms with Crippen LogP contribution in [0.1, 0.15) is 68.8 Å². The van der Waals surface area contributed by atoms with Crippen LogP contribution in [0.15, 0.2) is 10.9 Å². The molecule has 1 amide bonds. The Labute approximate surface area is 192 Å². The number of amides is 1. The first-order valence-electron chi connectivity index (χ1n) is 12.7. The Morgan fingerprint density at radius 3 is 2.50 bits per heavy atom. The Hall–Kier alpha value is -1.73. The van der Waals surface area contributed by atoms with E-state index in [4.69, 9.17) is 4.98 Å². The molecule has 7 nitrogen and oxygen atoms in total. The fourth-order valence-electron chi connectivity index (χ4n) is 5.53. The van der Waals surface area contributed by atoms with Gasteiger partial charge >= 0.3 is 0 Å². The van der Waals surface area contributed by atoms with Crippen molar-refractivity contribution in [2.24, 2.45) is 5.92 Å². The molecular formula is C25H41N5O2. The van der Waals surface area contributed by atoms with E-state index in [-0.39, 0.29) is 11.5 Å². The Morgan fingerprint density at radius 1 is 1.03 bits per heavy atom. The molecule has 4 rings (SSSR count). The van der Waals surface area contributed by atoms with E-state index in [1.807, 2.05) is 4.57 Å². The van der Waals surface area contributed by atoms with Gasteiger partial charge in [0.05, 0.1) is 12.2 Å². The molecule has 0 aliphatic carbocycles. The van der Waals surface area contributed by atoms with Crippen molar-refractivity contribution in [3.05, 3.63) is 27.9 Å². The first-order valence-corrected chi connectivity index (χ1v) is 12.7. The molecule has 1 aromatic heterocycles. The van der Waals surface area contributed by atoms with Gasteiger partial charge in [0.1, 0.15) is 5.82 Å². The van der Waals surface area contributed by atoms with Crippen LogP contribution in [-0.4, -0.2) is 83.5 Å². The van der Waals surface area contributed by atoms with E-state index in [2.05, 4.69) is 28.8 Å². The van der Waals surface area contributed by atoms with Crippen LogP contribution in [0.2, 0.25) is 0 Å². The Kier molecular flexibility index (Phi) is 8.00. The molecule has 32 heavy (non-hydrogen) atoms. The van der Waals surface area contributed by atoms with E-state index in [0.717, 1.165) is 102 Å². The molecule has 0 aromatic carbocycles. The maximum Gasteiger partial charge on any atom is 0.253 e. The van der Waals surface area contributed by atoms with Crippen molar-refractivity contribution < 1.29 is 4.79 Å². The summed E-state index contributed by atoms with van der Waals surface area (Å²) in [6.07, 6.45) is 9.79. The zero-order chi connectivity index (χ0) is 22.5. The molecular weight excluding hydrogens is 402 g/mol. The van der Waals surface area contributed by atoms with Crippen molar-refractivity contribution in [2.75, 3.05) is 53.4 Å². The molecule has 7 heteroatoms. The van der Waals surface area contributed by atoms with Gasteiger partial charge in [-0.05, 0) is 84.6 Å². The number of fused-ring (bicyclic) bond motifs is 1. The summed E-state index contributed by atoms with van der Waals surface area (Å²) in [7, 11) is 4.26. The van der Waals surface area contributed by atoms with Gasteiger partial charge in [0, 0.05) is 38.0 Å². The van der Waals surface area contributed by atoms with E-state index in [9.17, 15) is 9.59 Å². The summed E-state index contributed by atoms with van der Waals surface area (Å²) in [5.41, 5.74) is 1.10. The molecule has 0 saturated carbocycles. The molecule has 2 saturated heterocycles. The monoisotopic (exact) mass is 443 g/mol. The number of piperidine rings is 2. The predicted molar refractivity (Wildman–Crippen MR) is 127 cm³/mol. The molecule has 0 radical (unpaired) electrons. The lowest BCUT2D eigenvalue weighted by Crippen LogP contribution is -2.46. The molecule has 4 heterocycles. The van der Waals surface area contributed by atoms with Crippen molar-refractivity contribution in [2.45, 2.75) is 70.3 Å². The van der Waals surface area contributed by atoms with Gasteiger partial charge in [-0.25, -0.2) is 4.98 Å². The van der Waals surface area contributed by atoms with E-state index in [1.54, 1.807) is 6.07 Å². The molecule has 3 aliphatic heterocycles. The second kappa shape index (κ2) is 10.9. The van der Waals surface area contributed by atoms with E-state index in [1.165, 1.54) is 12.8 Å². The van der Waals surface area contributed by atoms with Gasteiger partial charge in [-0.3, -0.25) is 19.1 Å². The number of likely N-dealkylation sites (tertiary alicyclic amines) is 2. The summed E-state index contributed by atoms with van der Waals surface area (Å²) >= 11 is 0. The third kappa shape index (κ3) is 5.98. The molecule has 1 aromatic rings. The van der Waals surface area contributed by atoms with Crippen molar-refractivity contribution in [1.82, 2.24) is 24.3 Å². The third-order valence-electron chi connectivity index (χ3n) is 7.71. The minimum absolute atomic E-state index is 0.124. The Bertz CT molecular complexity index is 820. The van der Waals surface area contributed by atoms with Gasteiger partial charge in [0.25, 0.3) is 5.56 Å². The molecule has 0 atom stereocenters. The van der Waals surface area contributed by atoms with Crippen LogP contribution < -0.4 is 5.56 Å². The second-order valence-corrected chi connectivity index (χ2v) is 10.4. The van der Waals surface area contributed by atoms with Crippen LogP contribution in [0.4, 0.5) is 0 Å². The first-order chi connectivity index (χ1) is 15.5. The molecule has 0 N–H and O–H groups in total. The lowest BCUT2D eigenvalue weighted by atomic mass is 9.92. The van der Waals surface area contributed by atoms with E-state index in [0.29, 0.717) is 12.5 Å². The maximum atomic E-state index is 12.8. The van der Waals surface area contributed by atoms with Gasteiger partial charge in [0.15, 0.2) is 0 Å². The summed E-state index contributed by atoms with van der Waals surface area (Å²) in [4.78, 5) is 37.0. The van der Waals surface area contributed by atoms with Crippen molar-refractivity contribution in [1.29, 1.82) is 0 Å². The van der Waals surface area contributed by atoms with Crippen molar-refractivity contribution in [3.63, 3.8) is 0 Å². The Balaban J connectivity index is 1.24. The molecule has 0 bridgehead atoms. The van der Waals surface area contributed by atoms with E-state index < -0.39 is 0 Å². The van der Waals surface area contributed by atoms with Crippen LogP contribution in [0.25, 0.3) is 0 Å². The number of carbonyl (C=O) groups is 1. The van der Waals surface area contributed by atoms with Crippen LogP contribution in [0, 0.1) is 5.92 Å². The summed E-state index contributed by atoms with van der Waals surface area (Å²) in [5.74, 6) is 2.37. The quantitative estimate of drug-likeness (QED) is 0.675. The summed E-state index contributed by atoms with van der Waals surface area (Å²) < 4.78 is 1.88. The number of aromatic nitrogens is 2. The fourth-order valence-corrected chi connectivity index (χ4v) is 5.53. The number of aryl methyl sites for hydroxylation is 1. The van der Waals surface area contributed by atoms with Crippen molar-refractivity contribution >= 4 is 5.91 Å². The van der Waals surface area contributed by atoms with Crippen molar-refractivity contribution in [3.8, 4) is 0 Å². The summed E-state index contributed by atoms with van der Waals surface area (Å²) in [6, 6.07) is 1.78. The average Bonchev–Trinajstić information content (AvgIpc) is 3.04. The normalized spacial score (nSPS) is 21.5. The summed E-state index contributed by atoms with van der Waals surface area (Å²) in [6.45, 7) is 6.14. The number of hydrogen-bond acceptors (Lipinski definition) is 5. The molecule has 3 aliphatic rings. The van der Waals surface area contributed by atoms with Crippen LogP contribution >= 0.6 is 0 Å². The molecule has 0 unspecified atom stereocenters. The molecule has 2 fully saturated rings. The summed E-state index contributed by atoms with van der Waals surface area (Å²) in [5, 5.41) is 0. The standard InChI is InChI=1S/C25H41N5O2/c1-27(2)13-7-20-8-16-29(17-9-20)25(32)19-28-14-10-21(11-15-28)22-18-24(31)30-12-5-3-4-6-23(30)26-22/h18,20-21H,3-17,19H2,1-2H3. The number of rotatable bonds is 6. The number of nitrogens with zero attached hydrogens (tertiary/aromatic N) is 5. The highest BCUT2D eigenvalue weighted by Gasteiger charge is 2.27. The lowest BCUT2D eigenvalue weighted by Gasteiger charge is -2.36. The molecule has 0 spiro atoms. The highest BCUT2D eigenvalue weighted by Crippen LogP contribution is 2.27. The van der Waals surface area contributed by atoms with Gasteiger partial charge in [-0.2, -0.15) is 0 Å². The van der Waals surface area contributed by atoms with Gasteiger partial charge in [0.2, 0.25) is 5.91 Å². The predicted octanol–water partition coefficient (Wildman–Crippen LogP) is 2.34. The first kappa shape index (κ1) is 23.4. The number of carbonyl (C=O) groups excluding carboxylic acids is 1. The topological polar surface area (TPSA) is 61.7 Å². The zero-order valence-electron chi connectivity index (χ0n) is 20.1. The minimum Gasteiger partial charge on any atom is -0.342 e. The minimum atomic E-state index is 0.124. The average molecular weight is 444 g/mol.